The van der Waals surface area contributed by atoms with Crippen LogP contribution in [0.25, 0.3) is 0 Å². The number of hydrogen-bond acceptors (Lipinski definition) is 8. The molecular formula is C30H38ClF3N4O7S. The summed E-state index contributed by atoms with van der Waals surface area (Å²) in [4.78, 5) is 40.0. The molecule has 11 nitrogen and oxygen atoms in total. The maximum Gasteiger partial charge on any atom is 0.422 e. The van der Waals surface area contributed by atoms with Crippen LogP contribution < -0.4 is 15.4 Å². The number of likely N-dealkylation sites (tertiary alicyclic amines) is 1. The lowest BCUT2D eigenvalue weighted by atomic mass is 9.84. The second kappa shape index (κ2) is 13.5. The molecule has 2 N–H and O–H groups in total. The molecule has 0 spiro atoms. The highest BCUT2D eigenvalue weighted by Gasteiger charge is 2.50. The number of amides is 3. The number of alkyl halides is 3. The summed E-state index contributed by atoms with van der Waals surface area (Å²) in [5.41, 5.74) is -1.68. The Hall–Kier alpha value is -3.25. The number of carbonyl (C=O) groups is 3. The van der Waals surface area contributed by atoms with Crippen molar-refractivity contribution in [3.63, 3.8) is 0 Å². The molecule has 0 unspecified atom stereocenters. The monoisotopic (exact) mass is 690 g/mol. The van der Waals surface area contributed by atoms with Crippen LogP contribution in [0.15, 0.2) is 23.1 Å². The van der Waals surface area contributed by atoms with E-state index in [4.69, 9.17) is 16.3 Å². The molecule has 254 valence electrons. The fraction of sp³-hybridized carbons (Fsp3) is 0.667. The van der Waals surface area contributed by atoms with Gasteiger partial charge in [0.1, 0.15) is 22.9 Å². The molecule has 46 heavy (non-hydrogen) atoms. The minimum atomic E-state index is -4.60. The Bertz CT molecular complexity index is 1480. The summed E-state index contributed by atoms with van der Waals surface area (Å²) in [6, 6.07) is 3.86. The number of nitrogens with zero attached hydrogens (tertiary/aromatic N) is 2. The molecule has 4 rings (SSSR count). The molecule has 0 radical (unpaired) electrons. The number of alkyl carbamates (subject to hydrolysis) is 1. The van der Waals surface area contributed by atoms with Gasteiger partial charge in [0.05, 0.1) is 21.2 Å². The minimum absolute atomic E-state index is 0.0591. The Morgan fingerprint density at radius 3 is 2.33 bits per heavy atom. The fourth-order valence-electron chi connectivity index (χ4n) is 5.75. The van der Waals surface area contributed by atoms with Crippen molar-refractivity contribution in [2.24, 2.45) is 5.92 Å². The molecule has 1 heterocycles. The van der Waals surface area contributed by atoms with Crippen molar-refractivity contribution in [2.75, 3.05) is 13.2 Å². The first-order chi connectivity index (χ1) is 21.3. The van der Waals surface area contributed by atoms with Gasteiger partial charge in [-0.2, -0.15) is 18.4 Å². The number of ether oxygens (including phenoxy) is 2. The van der Waals surface area contributed by atoms with Crippen LogP contribution in [0.1, 0.15) is 72.1 Å². The largest absolute Gasteiger partial charge is 0.484 e. The highest BCUT2D eigenvalue weighted by atomic mass is 35.5. The molecule has 0 aromatic heterocycles. The Morgan fingerprint density at radius 1 is 1.13 bits per heavy atom. The van der Waals surface area contributed by atoms with Crippen molar-refractivity contribution in [1.82, 2.24) is 15.5 Å². The minimum Gasteiger partial charge on any atom is -0.484 e. The molecule has 16 heteroatoms. The lowest BCUT2D eigenvalue weighted by Crippen LogP contribution is -2.49. The van der Waals surface area contributed by atoms with Gasteiger partial charge in [0.25, 0.3) is 0 Å². The zero-order valence-electron chi connectivity index (χ0n) is 25.8. The fourth-order valence-corrected chi connectivity index (χ4v) is 7.98. The average Bonchev–Trinajstić information content (AvgIpc) is 3.55. The molecule has 2 aliphatic carbocycles. The topological polar surface area (TPSA) is 155 Å². The standard InChI is InChI=1S/C30H38ClF3N4O7S/c1-28(2,3)45-27(41)36-19-6-4-18(5-7-19)12-25(39)38-15-21(14-23(38)26(40)37-29(16-35)10-11-29)46(42,43)24-9-8-20(13-22(24)31)44-17-30(32,33)34/h8-9,13,18-19,21,23H,4-7,10-12,14-15,17H2,1-3H3,(H,36,41)(H,37,40)/t18?,19?,21-,23+/m1/s1. The van der Waals surface area contributed by atoms with E-state index in [-0.39, 0.29) is 47.0 Å². The van der Waals surface area contributed by atoms with Gasteiger partial charge in [-0.25, -0.2) is 13.2 Å². The van der Waals surface area contributed by atoms with Crippen molar-refractivity contribution in [1.29, 1.82) is 5.26 Å². The molecule has 3 aliphatic rings. The summed E-state index contributed by atoms with van der Waals surface area (Å²) in [7, 11) is -4.26. The quantitative estimate of drug-likeness (QED) is 0.379. The van der Waals surface area contributed by atoms with E-state index >= 15 is 0 Å². The third-order valence-electron chi connectivity index (χ3n) is 8.29. The van der Waals surface area contributed by atoms with Crippen LogP contribution in [0.4, 0.5) is 18.0 Å². The summed E-state index contributed by atoms with van der Waals surface area (Å²) >= 11 is 6.19. The zero-order chi connectivity index (χ0) is 34.1. The maximum atomic E-state index is 13.7. The highest BCUT2D eigenvalue weighted by molar-refractivity contribution is 7.92. The van der Waals surface area contributed by atoms with E-state index in [2.05, 4.69) is 21.4 Å². The number of nitrogens with one attached hydrogen (secondary N) is 2. The van der Waals surface area contributed by atoms with E-state index in [1.807, 2.05) is 0 Å². The maximum absolute atomic E-state index is 13.7. The van der Waals surface area contributed by atoms with E-state index in [1.54, 1.807) is 20.8 Å². The normalized spacial score (nSPS) is 24.4. The van der Waals surface area contributed by atoms with Crippen molar-refractivity contribution in [3.05, 3.63) is 23.2 Å². The summed E-state index contributed by atoms with van der Waals surface area (Å²) in [5.74, 6) is -1.37. The number of halogens is 4. The summed E-state index contributed by atoms with van der Waals surface area (Å²) in [6.07, 6.45) is -1.96. The van der Waals surface area contributed by atoms with Crippen LogP contribution in [-0.2, 0) is 24.2 Å². The second-order valence-corrected chi connectivity index (χ2v) is 15.8. The van der Waals surface area contributed by atoms with Gasteiger partial charge in [0.15, 0.2) is 16.4 Å². The molecule has 1 aromatic carbocycles. The molecule has 3 fully saturated rings. The molecule has 0 bridgehead atoms. The molecule has 1 aromatic rings. The van der Waals surface area contributed by atoms with Crippen LogP contribution in [0, 0.1) is 17.2 Å². The summed E-state index contributed by atoms with van der Waals surface area (Å²) < 4.78 is 75.0. The van der Waals surface area contributed by atoms with Crippen LogP contribution in [0.2, 0.25) is 5.02 Å². The van der Waals surface area contributed by atoms with Crippen molar-refractivity contribution < 1.29 is 45.4 Å². The lowest BCUT2D eigenvalue weighted by Gasteiger charge is -2.31. The SMILES string of the molecule is CC(C)(C)OC(=O)NC1CCC(CC(=O)N2C[C@H](S(=O)(=O)c3ccc(OCC(F)(F)F)cc3Cl)C[C@H]2C(=O)NC2(C#N)CC2)CC1. The van der Waals surface area contributed by atoms with Gasteiger partial charge < -0.3 is 25.0 Å². The third-order valence-corrected chi connectivity index (χ3v) is 10.9. The van der Waals surface area contributed by atoms with Gasteiger partial charge in [0.2, 0.25) is 11.8 Å². The first kappa shape index (κ1) is 35.6. The van der Waals surface area contributed by atoms with Crippen LogP contribution >= 0.6 is 11.6 Å². The van der Waals surface area contributed by atoms with Crippen LogP contribution in [-0.4, -0.2) is 79.0 Å². The smallest absolute Gasteiger partial charge is 0.422 e. The first-order valence-electron chi connectivity index (χ1n) is 15.1. The van der Waals surface area contributed by atoms with Crippen LogP contribution in [0.3, 0.4) is 0 Å². The van der Waals surface area contributed by atoms with E-state index in [0.717, 1.165) is 18.2 Å². The van der Waals surface area contributed by atoms with Gasteiger partial charge in [-0.05, 0) is 83.8 Å². The molecule has 1 aliphatic heterocycles. The molecule has 1 saturated heterocycles. The summed E-state index contributed by atoms with van der Waals surface area (Å²) in [5, 5.41) is 13.4. The van der Waals surface area contributed by atoms with Crippen molar-refractivity contribution in [3.8, 4) is 11.8 Å². The number of benzene rings is 1. The van der Waals surface area contributed by atoms with Gasteiger partial charge in [0, 0.05) is 25.1 Å². The molecular weight excluding hydrogens is 653 g/mol. The third kappa shape index (κ3) is 9.18. The van der Waals surface area contributed by atoms with Gasteiger partial charge in [-0.15, -0.1) is 0 Å². The van der Waals surface area contributed by atoms with E-state index in [1.165, 1.54) is 4.90 Å². The Balaban J connectivity index is 1.45. The molecule has 2 atom stereocenters. The number of sulfone groups is 1. The number of rotatable bonds is 9. The van der Waals surface area contributed by atoms with E-state index < -0.39 is 63.0 Å². The van der Waals surface area contributed by atoms with Gasteiger partial charge in [-0.1, -0.05) is 11.6 Å². The predicted octanol–water partition coefficient (Wildman–Crippen LogP) is 4.67. The number of hydrogen-bond donors (Lipinski definition) is 2. The molecule has 2 saturated carbocycles. The van der Waals surface area contributed by atoms with E-state index in [9.17, 15) is 41.2 Å². The Morgan fingerprint density at radius 2 is 1.78 bits per heavy atom. The van der Waals surface area contributed by atoms with Gasteiger partial charge >= 0.3 is 12.3 Å². The Kier molecular flexibility index (Phi) is 10.4. The van der Waals surface area contributed by atoms with Crippen molar-refractivity contribution in [2.45, 2.75) is 112 Å². The number of carbonyl (C=O) groups excluding carboxylic acids is 3. The predicted molar refractivity (Wildman–Crippen MR) is 160 cm³/mol. The zero-order valence-corrected chi connectivity index (χ0v) is 27.4. The first-order valence-corrected chi connectivity index (χ1v) is 17.0. The molecule has 3 amide bonds. The van der Waals surface area contributed by atoms with Gasteiger partial charge in [-0.3, -0.25) is 9.59 Å². The van der Waals surface area contributed by atoms with E-state index in [0.29, 0.717) is 38.5 Å². The average molecular weight is 691 g/mol. The Labute approximate surface area is 271 Å². The van der Waals surface area contributed by atoms with Crippen molar-refractivity contribution >= 4 is 39.3 Å². The highest BCUT2D eigenvalue weighted by Crippen LogP contribution is 2.38. The lowest BCUT2D eigenvalue weighted by molar-refractivity contribution is -0.153. The summed E-state index contributed by atoms with van der Waals surface area (Å²) in [6.45, 7) is 3.41. The number of nitriles is 1. The van der Waals surface area contributed by atoms with Crippen LogP contribution in [0.5, 0.6) is 5.75 Å². The second-order valence-electron chi connectivity index (χ2n) is 13.2.